The first-order chi connectivity index (χ1) is 4.70. The van der Waals surface area contributed by atoms with E-state index in [4.69, 9.17) is 0 Å². The van der Waals surface area contributed by atoms with Crippen LogP contribution in [0.1, 0.15) is 20.3 Å². The molecule has 0 saturated carbocycles. The predicted molar refractivity (Wildman–Crippen MR) is 44.2 cm³/mol. The van der Waals surface area contributed by atoms with Crippen molar-refractivity contribution >= 4 is 0 Å². The highest BCUT2D eigenvalue weighted by atomic mass is 15.2. The maximum atomic E-state index is 3.44. The molecule has 1 saturated heterocycles. The minimum atomic E-state index is 0.633. The number of likely N-dealkylation sites (tertiary alicyclic amines) is 1. The van der Waals surface area contributed by atoms with E-state index in [1.54, 1.807) is 0 Å². The van der Waals surface area contributed by atoms with Crippen LogP contribution in [0.25, 0.3) is 0 Å². The molecule has 0 spiro atoms. The standard InChI is InChI=1S/C8H18N2/c1-7(2)9-6-8-4-5-10(8)3/h7-9H,4-6H2,1-3H3/t8-/m1/s1. The molecule has 0 aliphatic carbocycles. The summed E-state index contributed by atoms with van der Waals surface area (Å²) >= 11 is 0. The summed E-state index contributed by atoms with van der Waals surface area (Å²) in [6.45, 7) is 6.83. The summed E-state index contributed by atoms with van der Waals surface area (Å²) in [5.74, 6) is 0. The molecule has 2 heteroatoms. The first kappa shape index (κ1) is 8.02. The van der Waals surface area contributed by atoms with Crippen LogP contribution in [0, 0.1) is 0 Å². The Kier molecular flexibility index (Phi) is 2.69. The number of rotatable bonds is 3. The second-order valence-corrected chi connectivity index (χ2v) is 3.49. The third kappa shape index (κ3) is 1.96. The highest BCUT2D eigenvalue weighted by Gasteiger charge is 2.23. The third-order valence-corrected chi connectivity index (χ3v) is 2.20. The van der Waals surface area contributed by atoms with Crippen molar-refractivity contribution in [2.75, 3.05) is 20.1 Å². The van der Waals surface area contributed by atoms with Crippen molar-refractivity contribution in [1.82, 2.24) is 10.2 Å². The van der Waals surface area contributed by atoms with Crippen molar-refractivity contribution in [2.24, 2.45) is 0 Å². The van der Waals surface area contributed by atoms with Gasteiger partial charge in [-0.25, -0.2) is 0 Å². The van der Waals surface area contributed by atoms with Gasteiger partial charge in [0, 0.05) is 18.6 Å². The van der Waals surface area contributed by atoms with Gasteiger partial charge in [0.25, 0.3) is 0 Å². The minimum absolute atomic E-state index is 0.633. The first-order valence-corrected chi connectivity index (χ1v) is 4.14. The predicted octanol–water partition coefficient (Wildman–Crippen LogP) is 0.688. The maximum absolute atomic E-state index is 3.44. The van der Waals surface area contributed by atoms with E-state index in [9.17, 15) is 0 Å². The maximum Gasteiger partial charge on any atom is 0.0229 e. The molecule has 0 aromatic carbocycles. The summed E-state index contributed by atoms with van der Waals surface area (Å²) in [7, 11) is 2.19. The monoisotopic (exact) mass is 142 g/mol. The van der Waals surface area contributed by atoms with E-state index in [1.807, 2.05) is 0 Å². The Balaban J connectivity index is 2.03. The van der Waals surface area contributed by atoms with Crippen molar-refractivity contribution in [1.29, 1.82) is 0 Å². The molecule has 60 valence electrons. The van der Waals surface area contributed by atoms with E-state index in [1.165, 1.54) is 13.0 Å². The van der Waals surface area contributed by atoms with E-state index in [0.29, 0.717) is 6.04 Å². The fraction of sp³-hybridized carbons (Fsp3) is 1.00. The van der Waals surface area contributed by atoms with E-state index in [2.05, 4.69) is 31.1 Å². The SMILES string of the molecule is CC(C)NC[C@H]1CCN1C. The lowest BCUT2D eigenvalue weighted by molar-refractivity contribution is 0.123. The summed E-state index contributed by atoms with van der Waals surface area (Å²) in [6.07, 6.45) is 1.37. The zero-order valence-electron chi connectivity index (χ0n) is 7.22. The largest absolute Gasteiger partial charge is 0.313 e. The molecule has 10 heavy (non-hydrogen) atoms. The van der Waals surface area contributed by atoms with Crippen LogP contribution in [0.15, 0.2) is 0 Å². The number of nitrogens with zero attached hydrogens (tertiary/aromatic N) is 1. The Morgan fingerprint density at radius 2 is 2.30 bits per heavy atom. The number of hydrogen-bond donors (Lipinski definition) is 1. The molecule has 1 N–H and O–H groups in total. The summed E-state index contributed by atoms with van der Waals surface area (Å²) in [5, 5.41) is 3.44. The Hall–Kier alpha value is -0.0800. The van der Waals surface area contributed by atoms with Crippen LogP contribution in [-0.4, -0.2) is 37.1 Å². The fourth-order valence-corrected chi connectivity index (χ4v) is 1.20. The normalized spacial score (nSPS) is 27.0. The molecule has 0 aromatic rings. The van der Waals surface area contributed by atoms with E-state index < -0.39 is 0 Å². The van der Waals surface area contributed by atoms with Gasteiger partial charge in [-0.2, -0.15) is 0 Å². The van der Waals surface area contributed by atoms with Gasteiger partial charge in [-0.05, 0) is 20.0 Å². The van der Waals surface area contributed by atoms with E-state index in [-0.39, 0.29) is 0 Å². The van der Waals surface area contributed by atoms with Crippen LogP contribution in [0.5, 0.6) is 0 Å². The summed E-state index contributed by atoms with van der Waals surface area (Å²) in [6, 6.07) is 1.44. The Morgan fingerprint density at radius 1 is 1.60 bits per heavy atom. The van der Waals surface area contributed by atoms with Gasteiger partial charge < -0.3 is 10.2 Å². The molecule has 1 fully saturated rings. The molecular weight excluding hydrogens is 124 g/mol. The molecule has 1 heterocycles. The van der Waals surface area contributed by atoms with Crippen LogP contribution in [0.4, 0.5) is 0 Å². The summed E-state index contributed by atoms with van der Waals surface area (Å²) in [4.78, 5) is 2.40. The van der Waals surface area contributed by atoms with Gasteiger partial charge in [0.2, 0.25) is 0 Å². The molecule has 0 aromatic heterocycles. The lowest BCUT2D eigenvalue weighted by Crippen LogP contribution is -2.51. The Labute approximate surface area is 63.6 Å². The van der Waals surface area contributed by atoms with Gasteiger partial charge >= 0.3 is 0 Å². The van der Waals surface area contributed by atoms with Gasteiger partial charge in [-0.1, -0.05) is 13.8 Å². The fourth-order valence-electron chi connectivity index (χ4n) is 1.20. The van der Waals surface area contributed by atoms with Gasteiger partial charge in [0.1, 0.15) is 0 Å². The van der Waals surface area contributed by atoms with Crippen LogP contribution in [-0.2, 0) is 0 Å². The quantitative estimate of drug-likeness (QED) is 0.623. The molecule has 0 unspecified atom stereocenters. The smallest absolute Gasteiger partial charge is 0.0229 e. The van der Waals surface area contributed by atoms with Gasteiger partial charge in [-0.3, -0.25) is 0 Å². The molecule has 1 atom stereocenters. The second kappa shape index (κ2) is 3.35. The average molecular weight is 142 g/mol. The van der Waals surface area contributed by atoms with Gasteiger partial charge in [0.05, 0.1) is 0 Å². The van der Waals surface area contributed by atoms with Crippen LogP contribution < -0.4 is 5.32 Å². The molecule has 0 amide bonds. The van der Waals surface area contributed by atoms with Crippen molar-refractivity contribution in [2.45, 2.75) is 32.4 Å². The number of nitrogens with one attached hydrogen (secondary N) is 1. The highest BCUT2D eigenvalue weighted by molar-refractivity contribution is 4.81. The number of likely N-dealkylation sites (N-methyl/N-ethyl adjacent to an activating group) is 1. The third-order valence-electron chi connectivity index (χ3n) is 2.20. The van der Waals surface area contributed by atoms with Crippen molar-refractivity contribution in [3.63, 3.8) is 0 Å². The van der Waals surface area contributed by atoms with Crippen LogP contribution >= 0.6 is 0 Å². The zero-order chi connectivity index (χ0) is 7.56. The van der Waals surface area contributed by atoms with Crippen molar-refractivity contribution < 1.29 is 0 Å². The summed E-state index contributed by atoms with van der Waals surface area (Å²) < 4.78 is 0. The first-order valence-electron chi connectivity index (χ1n) is 4.14. The van der Waals surface area contributed by atoms with Gasteiger partial charge in [-0.15, -0.1) is 0 Å². The number of hydrogen-bond acceptors (Lipinski definition) is 2. The van der Waals surface area contributed by atoms with E-state index >= 15 is 0 Å². The van der Waals surface area contributed by atoms with E-state index in [0.717, 1.165) is 12.6 Å². The Bertz CT molecular complexity index is 101. The molecule has 0 radical (unpaired) electrons. The van der Waals surface area contributed by atoms with Crippen molar-refractivity contribution in [3.8, 4) is 0 Å². The zero-order valence-corrected chi connectivity index (χ0v) is 7.22. The minimum Gasteiger partial charge on any atom is -0.313 e. The highest BCUT2D eigenvalue weighted by Crippen LogP contribution is 2.12. The topological polar surface area (TPSA) is 15.3 Å². The van der Waals surface area contributed by atoms with Crippen molar-refractivity contribution in [3.05, 3.63) is 0 Å². The average Bonchev–Trinajstić information content (AvgIpc) is 1.84. The molecule has 1 rings (SSSR count). The molecule has 2 nitrogen and oxygen atoms in total. The second-order valence-electron chi connectivity index (χ2n) is 3.49. The molecule has 0 bridgehead atoms. The lowest BCUT2D eigenvalue weighted by atomic mass is 10.0. The summed E-state index contributed by atoms with van der Waals surface area (Å²) in [5.41, 5.74) is 0. The molecule has 1 aliphatic rings. The van der Waals surface area contributed by atoms with Gasteiger partial charge in [0.15, 0.2) is 0 Å². The van der Waals surface area contributed by atoms with Crippen LogP contribution in [0.3, 0.4) is 0 Å². The Morgan fingerprint density at radius 3 is 2.60 bits per heavy atom. The lowest BCUT2D eigenvalue weighted by Gasteiger charge is -2.38. The molecule has 1 aliphatic heterocycles. The molecular formula is C8H18N2. The van der Waals surface area contributed by atoms with Crippen LogP contribution in [0.2, 0.25) is 0 Å².